The molecule has 1 aliphatic heterocycles. The molecule has 1 atom stereocenters. The summed E-state index contributed by atoms with van der Waals surface area (Å²) in [5, 5.41) is 2.00. The van der Waals surface area contributed by atoms with Gasteiger partial charge in [-0.3, -0.25) is 9.20 Å². The molecule has 4 rings (SSSR count). The normalized spacial score (nSPS) is 17.8. The molecule has 2 amide bonds. The third-order valence-corrected chi connectivity index (χ3v) is 6.76. The molecule has 3 aromatic rings. The van der Waals surface area contributed by atoms with E-state index in [0.717, 1.165) is 39.6 Å². The van der Waals surface area contributed by atoms with Crippen LogP contribution in [0.3, 0.4) is 0 Å². The van der Waals surface area contributed by atoms with E-state index < -0.39 is 5.60 Å². The van der Waals surface area contributed by atoms with Gasteiger partial charge in [0.1, 0.15) is 10.4 Å². The van der Waals surface area contributed by atoms with Crippen molar-refractivity contribution in [3.63, 3.8) is 0 Å². The van der Waals surface area contributed by atoms with Crippen molar-refractivity contribution >= 4 is 50.0 Å². The highest BCUT2D eigenvalue weighted by atomic mass is 32.1. The number of thiazole rings is 1. The fraction of sp³-hybridized carbons (Fsp3) is 0.550. The monoisotopic (exact) mass is 434 g/mol. The zero-order valence-corrected chi connectivity index (χ0v) is 18.8. The van der Waals surface area contributed by atoms with Crippen LogP contribution in [0.4, 0.5) is 4.79 Å². The molecule has 0 spiro atoms. The minimum atomic E-state index is -0.509. The first kappa shape index (κ1) is 20.2. The van der Waals surface area contributed by atoms with Gasteiger partial charge in [-0.05, 0) is 45.6 Å². The van der Waals surface area contributed by atoms with Crippen LogP contribution in [-0.2, 0) is 4.74 Å². The number of amides is 2. The standard InChI is InChI=1S/C20H26N4O3S2/c1-20(2,3)27-19(26)22(4)11-13-6-5-7-23(12-13)17(25)15-10-14-16(29-15)21-18-24(14)8-9-28-18/h8-10,13H,5-7,11-12H2,1-4H3. The minimum Gasteiger partial charge on any atom is -0.444 e. The number of imidazole rings is 1. The predicted octanol–water partition coefficient (Wildman–Crippen LogP) is 4.33. The largest absolute Gasteiger partial charge is 0.444 e. The summed E-state index contributed by atoms with van der Waals surface area (Å²) in [4.78, 5) is 36.0. The fourth-order valence-corrected chi connectivity index (χ4v) is 5.48. The SMILES string of the molecule is CN(CC1CCCN(C(=O)c2cc3c(nc4sccn43)s2)C1)C(=O)OC(C)(C)C. The molecule has 3 aromatic heterocycles. The first-order chi connectivity index (χ1) is 13.7. The number of thiophene rings is 1. The Morgan fingerprint density at radius 2 is 2.17 bits per heavy atom. The Hall–Kier alpha value is -2.13. The Morgan fingerprint density at radius 3 is 2.93 bits per heavy atom. The first-order valence-electron chi connectivity index (χ1n) is 9.80. The third kappa shape index (κ3) is 4.25. The Kier molecular flexibility index (Phi) is 5.29. The number of piperidine rings is 1. The summed E-state index contributed by atoms with van der Waals surface area (Å²) in [5.41, 5.74) is 0.484. The van der Waals surface area contributed by atoms with Crippen LogP contribution in [0, 0.1) is 5.92 Å². The smallest absolute Gasteiger partial charge is 0.410 e. The average Bonchev–Trinajstić information content (AvgIpc) is 3.32. The predicted molar refractivity (Wildman–Crippen MR) is 116 cm³/mol. The molecule has 0 aliphatic carbocycles. The minimum absolute atomic E-state index is 0.0570. The lowest BCUT2D eigenvalue weighted by Gasteiger charge is -2.35. The molecule has 0 N–H and O–H groups in total. The van der Waals surface area contributed by atoms with Gasteiger partial charge in [0.15, 0.2) is 4.96 Å². The van der Waals surface area contributed by atoms with E-state index in [1.807, 2.05) is 47.7 Å². The van der Waals surface area contributed by atoms with Gasteiger partial charge in [0, 0.05) is 38.3 Å². The fourth-order valence-electron chi connectivity index (χ4n) is 3.71. The molecule has 0 radical (unpaired) electrons. The van der Waals surface area contributed by atoms with E-state index in [0.29, 0.717) is 13.1 Å². The number of likely N-dealkylation sites (tertiary alicyclic amines) is 1. The maximum Gasteiger partial charge on any atom is 0.410 e. The molecule has 0 saturated carbocycles. The van der Waals surface area contributed by atoms with Crippen molar-refractivity contribution in [2.24, 2.45) is 5.92 Å². The molecular formula is C20H26N4O3S2. The number of ether oxygens (including phenoxy) is 1. The zero-order valence-electron chi connectivity index (χ0n) is 17.2. The lowest BCUT2D eigenvalue weighted by molar-refractivity contribution is 0.0244. The molecule has 1 saturated heterocycles. The summed E-state index contributed by atoms with van der Waals surface area (Å²) < 4.78 is 7.47. The van der Waals surface area contributed by atoms with Gasteiger partial charge in [-0.15, -0.1) is 22.7 Å². The average molecular weight is 435 g/mol. The molecule has 9 heteroatoms. The van der Waals surface area contributed by atoms with Crippen molar-refractivity contribution < 1.29 is 14.3 Å². The van der Waals surface area contributed by atoms with Gasteiger partial charge >= 0.3 is 6.09 Å². The van der Waals surface area contributed by atoms with Crippen molar-refractivity contribution in [1.29, 1.82) is 0 Å². The van der Waals surface area contributed by atoms with Gasteiger partial charge in [0.05, 0.1) is 10.4 Å². The summed E-state index contributed by atoms with van der Waals surface area (Å²) in [5.74, 6) is 0.307. The van der Waals surface area contributed by atoms with Crippen LogP contribution >= 0.6 is 22.7 Å². The van der Waals surface area contributed by atoms with Crippen molar-refractivity contribution in [3.05, 3.63) is 22.5 Å². The van der Waals surface area contributed by atoms with Crippen LogP contribution in [0.15, 0.2) is 17.6 Å². The maximum atomic E-state index is 13.1. The van der Waals surface area contributed by atoms with Gasteiger partial charge in [0.25, 0.3) is 5.91 Å². The summed E-state index contributed by atoms with van der Waals surface area (Å²) >= 11 is 3.05. The van der Waals surface area contributed by atoms with Gasteiger partial charge in [-0.2, -0.15) is 0 Å². The quantitative estimate of drug-likeness (QED) is 0.615. The van der Waals surface area contributed by atoms with Gasteiger partial charge < -0.3 is 14.5 Å². The molecule has 1 unspecified atom stereocenters. The third-order valence-electron chi connectivity index (χ3n) is 4.99. The number of fused-ring (bicyclic) bond motifs is 3. The maximum absolute atomic E-state index is 13.1. The van der Waals surface area contributed by atoms with Crippen LogP contribution in [0.1, 0.15) is 43.3 Å². The Morgan fingerprint density at radius 1 is 1.38 bits per heavy atom. The molecular weight excluding hydrogens is 408 g/mol. The summed E-state index contributed by atoms with van der Waals surface area (Å²) in [6.45, 7) is 7.58. The topological polar surface area (TPSA) is 67.1 Å². The molecule has 0 bridgehead atoms. The molecule has 1 aliphatic rings. The van der Waals surface area contributed by atoms with Crippen molar-refractivity contribution in [2.45, 2.75) is 39.2 Å². The number of nitrogens with zero attached hydrogens (tertiary/aromatic N) is 4. The van der Waals surface area contributed by atoms with E-state index in [9.17, 15) is 9.59 Å². The summed E-state index contributed by atoms with van der Waals surface area (Å²) in [7, 11) is 1.76. The van der Waals surface area contributed by atoms with Crippen molar-refractivity contribution in [3.8, 4) is 0 Å². The highest BCUT2D eigenvalue weighted by molar-refractivity contribution is 7.21. The summed E-state index contributed by atoms with van der Waals surface area (Å²) in [6.07, 6.45) is 3.61. The van der Waals surface area contributed by atoms with E-state index in [1.54, 1.807) is 23.3 Å². The van der Waals surface area contributed by atoms with E-state index in [2.05, 4.69) is 4.98 Å². The van der Waals surface area contributed by atoms with E-state index in [4.69, 9.17) is 4.74 Å². The molecule has 1 fully saturated rings. The number of carbonyl (C=O) groups is 2. The van der Waals surface area contributed by atoms with Crippen molar-refractivity contribution in [1.82, 2.24) is 19.2 Å². The number of carbonyl (C=O) groups excluding carboxylic acids is 2. The van der Waals surface area contributed by atoms with Crippen molar-refractivity contribution in [2.75, 3.05) is 26.7 Å². The van der Waals surface area contributed by atoms with E-state index in [-0.39, 0.29) is 17.9 Å². The van der Waals surface area contributed by atoms with E-state index in [1.165, 1.54) is 11.3 Å². The zero-order chi connectivity index (χ0) is 20.8. The second-order valence-corrected chi connectivity index (χ2v) is 10.5. The Balaban J connectivity index is 1.41. The van der Waals surface area contributed by atoms with Crippen LogP contribution in [-0.4, -0.2) is 63.5 Å². The molecule has 4 heterocycles. The molecule has 156 valence electrons. The highest BCUT2D eigenvalue weighted by Gasteiger charge is 2.29. The lowest BCUT2D eigenvalue weighted by atomic mass is 9.97. The second-order valence-electron chi connectivity index (χ2n) is 8.59. The van der Waals surface area contributed by atoms with Crippen LogP contribution in [0.25, 0.3) is 15.3 Å². The molecule has 7 nitrogen and oxygen atoms in total. The van der Waals surface area contributed by atoms with E-state index >= 15 is 0 Å². The van der Waals surface area contributed by atoms with Crippen LogP contribution < -0.4 is 0 Å². The summed E-state index contributed by atoms with van der Waals surface area (Å²) in [6, 6.07) is 1.95. The van der Waals surface area contributed by atoms with Gasteiger partial charge in [-0.1, -0.05) is 0 Å². The number of rotatable bonds is 3. The second kappa shape index (κ2) is 7.60. The van der Waals surface area contributed by atoms with Gasteiger partial charge in [-0.25, -0.2) is 9.78 Å². The lowest BCUT2D eigenvalue weighted by Crippen LogP contribution is -2.44. The Bertz CT molecular complexity index is 1050. The number of hydrogen-bond acceptors (Lipinski definition) is 6. The first-order valence-corrected chi connectivity index (χ1v) is 11.5. The number of hydrogen-bond donors (Lipinski definition) is 0. The molecule has 0 aromatic carbocycles. The number of aromatic nitrogens is 2. The van der Waals surface area contributed by atoms with Crippen LogP contribution in [0.5, 0.6) is 0 Å². The molecule has 29 heavy (non-hydrogen) atoms. The van der Waals surface area contributed by atoms with Crippen LogP contribution in [0.2, 0.25) is 0 Å². The van der Waals surface area contributed by atoms with Gasteiger partial charge in [0.2, 0.25) is 0 Å². The Labute approximate surface area is 177 Å². The highest BCUT2D eigenvalue weighted by Crippen LogP contribution is 2.30.